The lowest BCUT2D eigenvalue weighted by Crippen LogP contribution is -2.36. The fourth-order valence-electron chi connectivity index (χ4n) is 2.86. The van der Waals surface area contributed by atoms with E-state index in [0.717, 1.165) is 41.1 Å². The molecular formula is C23H31N3O3. The maximum atomic E-state index is 5.99. The lowest BCUT2D eigenvalue weighted by Gasteiger charge is -2.15. The van der Waals surface area contributed by atoms with Crippen molar-refractivity contribution in [3.05, 3.63) is 59.7 Å². The van der Waals surface area contributed by atoms with Gasteiger partial charge >= 0.3 is 0 Å². The van der Waals surface area contributed by atoms with Crippen LogP contribution in [0.15, 0.2) is 53.5 Å². The minimum atomic E-state index is 0.541. The quantitative estimate of drug-likeness (QED) is 0.346. The zero-order valence-corrected chi connectivity index (χ0v) is 17.3. The Morgan fingerprint density at radius 1 is 1.00 bits per heavy atom. The van der Waals surface area contributed by atoms with Gasteiger partial charge < -0.3 is 24.8 Å². The number of nitrogens with one attached hydrogen (secondary N) is 2. The van der Waals surface area contributed by atoms with Gasteiger partial charge in [-0.05, 0) is 42.5 Å². The number of methoxy groups -OCH3 is 1. The molecule has 0 radical (unpaired) electrons. The van der Waals surface area contributed by atoms with Crippen LogP contribution in [0.2, 0.25) is 0 Å². The van der Waals surface area contributed by atoms with Gasteiger partial charge in [0.25, 0.3) is 0 Å². The third-order valence-electron chi connectivity index (χ3n) is 4.73. The Balaban J connectivity index is 1.48. The van der Waals surface area contributed by atoms with E-state index >= 15 is 0 Å². The molecule has 6 heteroatoms. The van der Waals surface area contributed by atoms with Crippen LogP contribution in [0.5, 0.6) is 11.5 Å². The van der Waals surface area contributed by atoms with Crippen LogP contribution in [0.3, 0.4) is 0 Å². The van der Waals surface area contributed by atoms with Crippen molar-refractivity contribution in [3.8, 4) is 11.5 Å². The van der Waals surface area contributed by atoms with Crippen LogP contribution in [0.4, 0.5) is 0 Å². The summed E-state index contributed by atoms with van der Waals surface area (Å²) in [6.45, 7) is 3.23. The highest BCUT2D eigenvalue weighted by atomic mass is 16.5. The van der Waals surface area contributed by atoms with Crippen molar-refractivity contribution in [2.24, 2.45) is 10.9 Å². The molecular weight excluding hydrogens is 366 g/mol. The van der Waals surface area contributed by atoms with Gasteiger partial charge in [-0.2, -0.15) is 0 Å². The predicted octanol–water partition coefficient (Wildman–Crippen LogP) is 3.37. The second-order valence-corrected chi connectivity index (χ2v) is 7.13. The van der Waals surface area contributed by atoms with E-state index in [4.69, 9.17) is 14.2 Å². The van der Waals surface area contributed by atoms with E-state index in [1.165, 1.54) is 12.8 Å². The summed E-state index contributed by atoms with van der Waals surface area (Å²) in [5.41, 5.74) is 2.25. The van der Waals surface area contributed by atoms with Gasteiger partial charge in [0.1, 0.15) is 18.1 Å². The molecule has 0 aromatic heterocycles. The predicted molar refractivity (Wildman–Crippen MR) is 116 cm³/mol. The average Bonchev–Trinajstić information content (AvgIpc) is 3.58. The molecule has 2 aromatic rings. The Morgan fingerprint density at radius 2 is 1.83 bits per heavy atom. The van der Waals surface area contributed by atoms with Gasteiger partial charge in [-0.1, -0.05) is 30.3 Å². The Bertz CT molecular complexity index is 790. The van der Waals surface area contributed by atoms with E-state index < -0.39 is 0 Å². The maximum Gasteiger partial charge on any atom is 0.191 e. The molecule has 156 valence electrons. The molecule has 0 unspecified atom stereocenters. The van der Waals surface area contributed by atoms with E-state index in [1.54, 1.807) is 14.2 Å². The Morgan fingerprint density at radius 3 is 2.62 bits per heavy atom. The molecule has 2 aromatic carbocycles. The molecule has 0 aliphatic heterocycles. The molecule has 0 atom stereocenters. The molecule has 2 N–H and O–H groups in total. The summed E-state index contributed by atoms with van der Waals surface area (Å²) in [7, 11) is 3.44. The Kier molecular flexibility index (Phi) is 8.19. The summed E-state index contributed by atoms with van der Waals surface area (Å²) in [5, 5.41) is 6.72. The van der Waals surface area contributed by atoms with Crippen LogP contribution in [0.25, 0.3) is 0 Å². The third kappa shape index (κ3) is 7.31. The highest BCUT2D eigenvalue weighted by Crippen LogP contribution is 2.30. The standard InChI is InChI=1S/C23H31N3O3/c1-24-23(25-15-19-6-5-8-21(14-19)28-13-12-27-2)26-16-20-7-3-4-9-22(20)29-17-18-10-11-18/h3-9,14,18H,10-13,15-17H2,1-2H3,(H2,24,25,26). The smallest absolute Gasteiger partial charge is 0.191 e. The number of hydrogen-bond acceptors (Lipinski definition) is 4. The van der Waals surface area contributed by atoms with Crippen molar-refractivity contribution in [2.45, 2.75) is 25.9 Å². The summed E-state index contributed by atoms with van der Waals surface area (Å²) in [5.74, 6) is 3.27. The number of rotatable bonds is 11. The van der Waals surface area contributed by atoms with Crippen molar-refractivity contribution in [3.63, 3.8) is 0 Å². The molecule has 0 saturated heterocycles. The van der Waals surface area contributed by atoms with Crippen molar-refractivity contribution in [1.29, 1.82) is 0 Å². The molecule has 1 saturated carbocycles. The summed E-state index contributed by atoms with van der Waals surface area (Å²) in [6, 6.07) is 16.2. The Labute approximate surface area is 173 Å². The Hall–Kier alpha value is -2.73. The first-order valence-electron chi connectivity index (χ1n) is 10.1. The molecule has 1 fully saturated rings. The van der Waals surface area contributed by atoms with Gasteiger partial charge in [-0.25, -0.2) is 0 Å². The number of hydrogen-bond donors (Lipinski definition) is 2. The van der Waals surface area contributed by atoms with Gasteiger partial charge in [-0.3, -0.25) is 4.99 Å². The number of ether oxygens (including phenoxy) is 3. The lowest BCUT2D eigenvalue weighted by atomic mass is 10.2. The lowest BCUT2D eigenvalue weighted by molar-refractivity contribution is 0.146. The number of benzene rings is 2. The molecule has 0 heterocycles. The van der Waals surface area contributed by atoms with Crippen LogP contribution in [0, 0.1) is 5.92 Å². The number of aliphatic imine (C=N–C) groups is 1. The summed E-state index contributed by atoms with van der Waals surface area (Å²) < 4.78 is 16.7. The molecule has 0 amide bonds. The molecule has 1 aliphatic rings. The zero-order valence-electron chi connectivity index (χ0n) is 17.3. The molecule has 0 bridgehead atoms. The van der Waals surface area contributed by atoms with Gasteiger partial charge in [0.2, 0.25) is 0 Å². The van der Waals surface area contributed by atoms with Crippen molar-refractivity contribution < 1.29 is 14.2 Å². The van der Waals surface area contributed by atoms with Crippen LogP contribution >= 0.6 is 0 Å². The average molecular weight is 398 g/mol. The first-order valence-corrected chi connectivity index (χ1v) is 10.1. The summed E-state index contributed by atoms with van der Waals surface area (Å²) >= 11 is 0. The van der Waals surface area contributed by atoms with Crippen LogP contribution in [0.1, 0.15) is 24.0 Å². The maximum absolute atomic E-state index is 5.99. The normalized spacial score (nSPS) is 13.8. The number of guanidine groups is 1. The topological polar surface area (TPSA) is 64.1 Å². The highest BCUT2D eigenvalue weighted by molar-refractivity contribution is 5.79. The zero-order chi connectivity index (χ0) is 20.3. The van der Waals surface area contributed by atoms with Crippen LogP contribution in [-0.4, -0.2) is 39.9 Å². The van der Waals surface area contributed by atoms with Crippen molar-refractivity contribution in [1.82, 2.24) is 10.6 Å². The van der Waals surface area contributed by atoms with E-state index in [1.807, 2.05) is 36.4 Å². The van der Waals surface area contributed by atoms with E-state index in [0.29, 0.717) is 26.3 Å². The van der Waals surface area contributed by atoms with Crippen LogP contribution in [-0.2, 0) is 17.8 Å². The molecule has 3 rings (SSSR count). The highest BCUT2D eigenvalue weighted by Gasteiger charge is 2.22. The second-order valence-electron chi connectivity index (χ2n) is 7.13. The first-order chi connectivity index (χ1) is 14.3. The largest absolute Gasteiger partial charge is 0.493 e. The monoisotopic (exact) mass is 397 g/mol. The third-order valence-corrected chi connectivity index (χ3v) is 4.73. The fraction of sp³-hybridized carbons (Fsp3) is 0.435. The SMILES string of the molecule is CN=C(NCc1cccc(OCCOC)c1)NCc1ccccc1OCC1CC1. The number of para-hydroxylation sites is 1. The van der Waals surface area contributed by atoms with Gasteiger partial charge in [-0.15, -0.1) is 0 Å². The van der Waals surface area contributed by atoms with Gasteiger partial charge in [0, 0.05) is 32.8 Å². The summed E-state index contributed by atoms with van der Waals surface area (Å²) in [4.78, 5) is 4.32. The van der Waals surface area contributed by atoms with Crippen LogP contribution < -0.4 is 20.1 Å². The van der Waals surface area contributed by atoms with Crippen molar-refractivity contribution >= 4 is 5.96 Å². The molecule has 1 aliphatic carbocycles. The molecule has 0 spiro atoms. The number of nitrogens with zero attached hydrogens (tertiary/aromatic N) is 1. The van der Waals surface area contributed by atoms with E-state index in [2.05, 4.69) is 27.8 Å². The molecule has 29 heavy (non-hydrogen) atoms. The van der Waals surface area contributed by atoms with E-state index in [9.17, 15) is 0 Å². The minimum absolute atomic E-state index is 0.541. The van der Waals surface area contributed by atoms with Gasteiger partial charge in [0.15, 0.2) is 5.96 Å². The van der Waals surface area contributed by atoms with Crippen molar-refractivity contribution in [2.75, 3.05) is 34.0 Å². The fourth-order valence-corrected chi connectivity index (χ4v) is 2.86. The van der Waals surface area contributed by atoms with Gasteiger partial charge in [0.05, 0.1) is 13.2 Å². The second kappa shape index (κ2) is 11.3. The van der Waals surface area contributed by atoms with E-state index in [-0.39, 0.29) is 0 Å². The summed E-state index contributed by atoms with van der Waals surface area (Å²) in [6.07, 6.45) is 2.57. The molecule has 6 nitrogen and oxygen atoms in total. The first kappa shape index (κ1) is 21.0. The minimum Gasteiger partial charge on any atom is -0.493 e.